The molecule has 4 heteroatoms. The number of carbonyl (C=O) groups excluding carboxylic acids is 1. The molecule has 21 heavy (non-hydrogen) atoms. The van der Waals surface area contributed by atoms with Gasteiger partial charge in [-0.25, -0.2) is 0 Å². The van der Waals surface area contributed by atoms with Crippen LogP contribution >= 0.6 is 23.2 Å². The van der Waals surface area contributed by atoms with Crippen LogP contribution in [0.2, 0.25) is 10.0 Å². The molecule has 1 saturated carbocycles. The number of Topliss-reactive ketones (excluding diaryl/α,β-unsaturated/α-hetero) is 1. The number of nitrogens with one attached hydrogen (secondary N) is 1. The Kier molecular flexibility index (Phi) is 4.56. The second-order valence-corrected chi connectivity index (χ2v) is 6.84. The highest BCUT2D eigenvalue weighted by molar-refractivity contribution is 6.39. The molecule has 0 aliphatic heterocycles. The first-order valence-corrected chi connectivity index (χ1v) is 8.40. The zero-order valence-electron chi connectivity index (χ0n) is 11.9. The van der Waals surface area contributed by atoms with Gasteiger partial charge in [-0.15, -0.1) is 0 Å². The van der Waals surface area contributed by atoms with E-state index in [-0.39, 0.29) is 5.78 Å². The van der Waals surface area contributed by atoms with Gasteiger partial charge in [0.1, 0.15) is 0 Å². The Morgan fingerprint density at radius 2 is 1.86 bits per heavy atom. The van der Waals surface area contributed by atoms with Crippen LogP contribution in [-0.4, -0.2) is 10.8 Å². The fourth-order valence-corrected chi connectivity index (χ4v) is 3.94. The van der Waals surface area contributed by atoms with E-state index in [0.29, 0.717) is 27.9 Å². The third-order valence-corrected chi connectivity index (χ3v) is 4.96. The van der Waals surface area contributed by atoms with Crippen LogP contribution in [0.4, 0.5) is 0 Å². The van der Waals surface area contributed by atoms with E-state index in [9.17, 15) is 4.79 Å². The van der Waals surface area contributed by atoms with E-state index >= 15 is 0 Å². The van der Waals surface area contributed by atoms with E-state index in [4.69, 9.17) is 23.2 Å². The summed E-state index contributed by atoms with van der Waals surface area (Å²) in [4.78, 5) is 15.7. The molecule has 2 aromatic rings. The standard InChI is InChI=1S/C17H19Cl2NO/c18-12-8-14(19)17-13(10-20-15(17)9-12)16(21)7-11-5-3-1-2-4-6-11/h8-11,20H,1-7H2. The van der Waals surface area contributed by atoms with E-state index in [1.54, 1.807) is 12.3 Å². The first-order chi connectivity index (χ1) is 10.1. The molecule has 0 saturated heterocycles. The van der Waals surface area contributed by atoms with Gasteiger partial charge < -0.3 is 4.98 Å². The Hall–Kier alpha value is -0.990. The Morgan fingerprint density at radius 3 is 2.57 bits per heavy atom. The summed E-state index contributed by atoms with van der Waals surface area (Å²) in [7, 11) is 0. The van der Waals surface area contributed by atoms with Crippen LogP contribution in [0.1, 0.15) is 55.3 Å². The van der Waals surface area contributed by atoms with Crippen LogP contribution < -0.4 is 0 Å². The summed E-state index contributed by atoms with van der Waals surface area (Å²) >= 11 is 12.3. The van der Waals surface area contributed by atoms with Gasteiger partial charge >= 0.3 is 0 Å². The molecule has 0 bridgehead atoms. The number of hydrogen-bond acceptors (Lipinski definition) is 1. The number of fused-ring (bicyclic) bond motifs is 1. The first kappa shape index (κ1) is 14.9. The average Bonchev–Trinajstić information content (AvgIpc) is 2.69. The fraction of sp³-hybridized carbons (Fsp3) is 0.471. The van der Waals surface area contributed by atoms with Crippen LogP contribution in [0.15, 0.2) is 18.3 Å². The minimum absolute atomic E-state index is 0.192. The number of H-pyrrole nitrogens is 1. The van der Waals surface area contributed by atoms with Gasteiger partial charge in [0, 0.05) is 34.1 Å². The van der Waals surface area contributed by atoms with E-state index in [2.05, 4.69) is 4.98 Å². The van der Waals surface area contributed by atoms with Crippen LogP contribution in [0.25, 0.3) is 10.9 Å². The lowest BCUT2D eigenvalue weighted by Crippen LogP contribution is -2.08. The van der Waals surface area contributed by atoms with Crippen molar-refractivity contribution in [3.8, 4) is 0 Å². The molecule has 3 rings (SSSR count). The summed E-state index contributed by atoms with van der Waals surface area (Å²) in [5, 5.41) is 1.93. The molecule has 1 aromatic carbocycles. The van der Waals surface area contributed by atoms with Gasteiger partial charge in [0.2, 0.25) is 0 Å². The Morgan fingerprint density at radius 1 is 1.14 bits per heavy atom. The van der Waals surface area contributed by atoms with E-state index < -0.39 is 0 Å². The molecule has 0 unspecified atom stereocenters. The predicted octanol–water partition coefficient (Wildman–Crippen LogP) is 6.02. The van der Waals surface area contributed by atoms with Gasteiger partial charge in [0.25, 0.3) is 0 Å². The van der Waals surface area contributed by atoms with Crippen molar-refractivity contribution in [2.45, 2.75) is 44.9 Å². The fourth-order valence-electron chi connectivity index (χ4n) is 3.34. The molecule has 1 heterocycles. The predicted molar refractivity (Wildman–Crippen MR) is 88.5 cm³/mol. The summed E-state index contributed by atoms with van der Waals surface area (Å²) in [6, 6.07) is 3.51. The summed E-state index contributed by atoms with van der Waals surface area (Å²) in [6.45, 7) is 0. The lowest BCUT2D eigenvalue weighted by Gasteiger charge is -2.12. The van der Waals surface area contributed by atoms with Crippen LogP contribution in [-0.2, 0) is 0 Å². The number of hydrogen-bond donors (Lipinski definition) is 1. The maximum absolute atomic E-state index is 12.6. The smallest absolute Gasteiger partial charge is 0.165 e. The van der Waals surface area contributed by atoms with Gasteiger partial charge in [0.05, 0.1) is 5.02 Å². The molecule has 1 fully saturated rings. The molecule has 2 nitrogen and oxygen atoms in total. The van der Waals surface area contributed by atoms with Crippen molar-refractivity contribution in [1.82, 2.24) is 4.98 Å². The third kappa shape index (κ3) is 3.27. The molecule has 112 valence electrons. The van der Waals surface area contributed by atoms with Crippen molar-refractivity contribution < 1.29 is 4.79 Å². The second kappa shape index (κ2) is 6.41. The quantitative estimate of drug-likeness (QED) is 0.543. The van der Waals surface area contributed by atoms with Gasteiger partial charge in [-0.05, 0) is 18.1 Å². The lowest BCUT2D eigenvalue weighted by atomic mass is 9.92. The highest BCUT2D eigenvalue weighted by atomic mass is 35.5. The van der Waals surface area contributed by atoms with Crippen LogP contribution in [0.5, 0.6) is 0 Å². The lowest BCUT2D eigenvalue weighted by molar-refractivity contribution is 0.0958. The Bertz CT molecular complexity index is 654. The van der Waals surface area contributed by atoms with Crippen LogP contribution in [0.3, 0.4) is 0 Å². The average molecular weight is 324 g/mol. The summed E-state index contributed by atoms with van der Waals surface area (Å²) in [5.41, 5.74) is 1.53. The van der Waals surface area contributed by atoms with Crippen molar-refractivity contribution in [3.05, 3.63) is 33.9 Å². The number of aromatic amines is 1. The van der Waals surface area contributed by atoms with Gasteiger partial charge in [-0.1, -0.05) is 61.7 Å². The Labute approximate surface area is 134 Å². The first-order valence-electron chi connectivity index (χ1n) is 7.64. The normalized spacial score (nSPS) is 17.0. The maximum Gasteiger partial charge on any atom is 0.165 e. The largest absolute Gasteiger partial charge is 0.360 e. The number of ketones is 1. The van der Waals surface area contributed by atoms with Gasteiger partial charge in [-0.2, -0.15) is 0 Å². The molecule has 0 atom stereocenters. The second-order valence-electron chi connectivity index (χ2n) is 6.00. The van der Waals surface area contributed by atoms with E-state index in [1.165, 1.54) is 38.5 Å². The monoisotopic (exact) mass is 323 g/mol. The maximum atomic E-state index is 12.6. The minimum Gasteiger partial charge on any atom is -0.360 e. The molecular weight excluding hydrogens is 305 g/mol. The molecule has 1 aromatic heterocycles. The van der Waals surface area contributed by atoms with Gasteiger partial charge in [0.15, 0.2) is 5.78 Å². The molecular formula is C17H19Cl2NO. The van der Waals surface area contributed by atoms with Crippen molar-refractivity contribution in [2.24, 2.45) is 5.92 Å². The molecule has 1 N–H and O–H groups in total. The minimum atomic E-state index is 0.192. The number of carbonyl (C=O) groups is 1. The Balaban J connectivity index is 1.84. The van der Waals surface area contributed by atoms with E-state index in [1.807, 2.05) is 6.07 Å². The summed E-state index contributed by atoms with van der Waals surface area (Å²) < 4.78 is 0. The number of benzene rings is 1. The van der Waals surface area contributed by atoms with Gasteiger partial charge in [-0.3, -0.25) is 4.79 Å². The van der Waals surface area contributed by atoms with Crippen molar-refractivity contribution >= 4 is 39.9 Å². The highest BCUT2D eigenvalue weighted by Gasteiger charge is 2.20. The number of halogens is 2. The zero-order valence-corrected chi connectivity index (χ0v) is 13.4. The summed E-state index contributed by atoms with van der Waals surface area (Å²) in [6.07, 6.45) is 9.87. The van der Waals surface area contributed by atoms with Crippen LogP contribution in [0, 0.1) is 5.92 Å². The zero-order chi connectivity index (χ0) is 14.8. The molecule has 0 radical (unpaired) electrons. The third-order valence-electron chi connectivity index (χ3n) is 4.45. The molecule has 1 aliphatic rings. The van der Waals surface area contributed by atoms with E-state index in [0.717, 1.165) is 10.9 Å². The molecule has 0 spiro atoms. The topological polar surface area (TPSA) is 32.9 Å². The SMILES string of the molecule is O=C(CC1CCCCCC1)c1c[nH]c2cc(Cl)cc(Cl)c12. The molecule has 1 aliphatic carbocycles. The highest BCUT2D eigenvalue weighted by Crippen LogP contribution is 2.33. The van der Waals surface area contributed by atoms with Crippen molar-refractivity contribution in [1.29, 1.82) is 0 Å². The number of rotatable bonds is 3. The van der Waals surface area contributed by atoms with Crippen molar-refractivity contribution in [2.75, 3.05) is 0 Å². The summed E-state index contributed by atoms with van der Waals surface area (Å²) in [5.74, 6) is 0.716. The van der Waals surface area contributed by atoms with Crippen molar-refractivity contribution in [3.63, 3.8) is 0 Å². The number of aromatic nitrogens is 1. The molecule has 0 amide bonds.